The molecule has 0 saturated heterocycles. The second-order valence-electron chi connectivity index (χ2n) is 14.2. The van der Waals surface area contributed by atoms with E-state index in [1.54, 1.807) is 6.07 Å². The number of fused-ring (bicyclic) bond motifs is 1. The number of carbonyl (C=O) groups is 1. The minimum Gasteiger partial charge on any atom is -0.494 e. The third kappa shape index (κ3) is 13.2. The monoisotopic (exact) mass is 745 g/mol. The summed E-state index contributed by atoms with van der Waals surface area (Å²) in [4.78, 5) is 23.4. The van der Waals surface area contributed by atoms with Gasteiger partial charge in [0.2, 0.25) is 5.91 Å². The van der Waals surface area contributed by atoms with Crippen molar-refractivity contribution in [1.82, 2.24) is 25.1 Å². The van der Waals surface area contributed by atoms with E-state index >= 15 is 0 Å². The maximum absolute atomic E-state index is 13.9. The van der Waals surface area contributed by atoms with Crippen LogP contribution in [0.3, 0.4) is 0 Å². The largest absolute Gasteiger partial charge is 0.494 e. The molecule has 0 unspecified atom stereocenters. The molecular weight excluding hydrogens is 695 g/mol. The number of phosphoric acid groups is 1. The normalized spacial score (nSPS) is 12.4. The highest BCUT2D eigenvalue weighted by Gasteiger charge is 2.37. The van der Waals surface area contributed by atoms with E-state index in [9.17, 15) is 18.1 Å². The molecule has 52 heavy (non-hydrogen) atoms. The number of halogens is 2. The highest BCUT2D eigenvalue weighted by Crippen LogP contribution is 2.55. The van der Waals surface area contributed by atoms with Crippen molar-refractivity contribution in [1.29, 1.82) is 0 Å². The minimum absolute atomic E-state index is 0.135. The molecule has 0 radical (unpaired) electrons. The molecular formula is C36H50F2N7O6P. The van der Waals surface area contributed by atoms with Crippen LogP contribution in [0.5, 0.6) is 5.75 Å². The SMILES string of the molecule is CCCN(CCCCOc1ccc2c(Nc3cc(CC(=O)Nc4cccc(F)c4F)[nH]n3)ncnc2c1)CCOP(=O)(OC(C)(C)C)OC(C)(C)C. The number of aromatic amines is 1. The zero-order valence-electron chi connectivity index (χ0n) is 30.9. The lowest BCUT2D eigenvalue weighted by Gasteiger charge is -2.31. The van der Waals surface area contributed by atoms with Gasteiger partial charge in [-0.2, -0.15) is 5.10 Å². The predicted octanol–water partition coefficient (Wildman–Crippen LogP) is 8.18. The summed E-state index contributed by atoms with van der Waals surface area (Å²) in [5, 5.41) is 13.2. The average molecular weight is 746 g/mol. The van der Waals surface area contributed by atoms with Crippen LogP contribution in [0.25, 0.3) is 10.9 Å². The summed E-state index contributed by atoms with van der Waals surface area (Å²) in [5.74, 6) is -1.11. The Balaban J connectivity index is 1.24. The molecule has 284 valence electrons. The predicted molar refractivity (Wildman–Crippen MR) is 197 cm³/mol. The summed E-state index contributed by atoms with van der Waals surface area (Å²) in [7, 11) is -3.76. The van der Waals surface area contributed by atoms with Crippen molar-refractivity contribution < 1.29 is 36.4 Å². The number of rotatable bonds is 19. The topological polar surface area (TPSA) is 153 Å². The van der Waals surface area contributed by atoms with Gasteiger partial charge in [-0.1, -0.05) is 13.0 Å². The number of phosphoric ester groups is 1. The lowest BCUT2D eigenvalue weighted by molar-refractivity contribution is -0.115. The molecule has 0 aliphatic rings. The fourth-order valence-corrected chi connectivity index (χ4v) is 6.92. The number of aromatic nitrogens is 4. The van der Waals surface area contributed by atoms with E-state index in [0.29, 0.717) is 41.7 Å². The van der Waals surface area contributed by atoms with Gasteiger partial charge >= 0.3 is 7.82 Å². The van der Waals surface area contributed by atoms with Gasteiger partial charge in [-0.05, 0) is 98.2 Å². The van der Waals surface area contributed by atoms with E-state index in [0.717, 1.165) is 43.8 Å². The van der Waals surface area contributed by atoms with Gasteiger partial charge in [-0.15, -0.1) is 0 Å². The molecule has 1 amide bonds. The Morgan fingerprint density at radius 2 is 1.69 bits per heavy atom. The lowest BCUT2D eigenvalue weighted by Crippen LogP contribution is -2.31. The summed E-state index contributed by atoms with van der Waals surface area (Å²) >= 11 is 0. The number of nitrogens with one attached hydrogen (secondary N) is 3. The van der Waals surface area contributed by atoms with Gasteiger partial charge in [0.15, 0.2) is 17.5 Å². The highest BCUT2D eigenvalue weighted by atomic mass is 31.2. The van der Waals surface area contributed by atoms with Crippen LogP contribution in [0.1, 0.15) is 73.4 Å². The van der Waals surface area contributed by atoms with Gasteiger partial charge in [0.25, 0.3) is 0 Å². The third-order valence-electron chi connectivity index (χ3n) is 7.17. The first-order valence-electron chi connectivity index (χ1n) is 17.3. The molecule has 0 bridgehead atoms. The Kier molecular flexibility index (Phi) is 14.2. The molecule has 2 aromatic heterocycles. The van der Waals surface area contributed by atoms with Crippen LogP contribution >= 0.6 is 7.82 Å². The quantitative estimate of drug-likeness (QED) is 0.0629. The number of nitrogens with zero attached hydrogens (tertiary/aromatic N) is 4. The van der Waals surface area contributed by atoms with Crippen molar-refractivity contribution in [3.63, 3.8) is 0 Å². The zero-order valence-corrected chi connectivity index (χ0v) is 31.8. The Morgan fingerprint density at radius 1 is 0.942 bits per heavy atom. The van der Waals surface area contributed by atoms with E-state index in [4.69, 9.17) is 18.3 Å². The van der Waals surface area contributed by atoms with E-state index < -0.39 is 36.6 Å². The summed E-state index contributed by atoms with van der Waals surface area (Å²) in [6.07, 6.45) is 3.99. The Bertz CT molecular complexity index is 1810. The second-order valence-corrected chi connectivity index (χ2v) is 15.7. The summed E-state index contributed by atoms with van der Waals surface area (Å²) in [6.45, 7) is 16.0. The summed E-state index contributed by atoms with van der Waals surface area (Å²) < 4.78 is 64.0. The summed E-state index contributed by atoms with van der Waals surface area (Å²) in [6, 6.07) is 10.7. The summed E-state index contributed by atoms with van der Waals surface area (Å²) in [5.41, 5.74) is -0.488. The molecule has 2 heterocycles. The number of hydrogen-bond acceptors (Lipinski definition) is 11. The van der Waals surface area contributed by atoms with Crippen molar-refractivity contribution in [2.45, 2.75) is 85.4 Å². The number of benzene rings is 2. The number of carbonyl (C=O) groups excluding carboxylic acids is 1. The fraction of sp³-hybridized carbons (Fsp3) is 0.500. The number of H-pyrrole nitrogens is 1. The second kappa shape index (κ2) is 18.2. The van der Waals surface area contributed by atoms with E-state index in [1.807, 2.05) is 59.7 Å². The van der Waals surface area contributed by atoms with Crippen LogP contribution < -0.4 is 15.4 Å². The smallest absolute Gasteiger partial charge is 0.475 e. The Morgan fingerprint density at radius 3 is 2.40 bits per heavy atom. The third-order valence-corrected chi connectivity index (χ3v) is 9.21. The molecule has 16 heteroatoms. The van der Waals surface area contributed by atoms with Crippen molar-refractivity contribution in [2.24, 2.45) is 0 Å². The lowest BCUT2D eigenvalue weighted by atomic mass is 10.2. The number of unbranched alkanes of at least 4 members (excludes halogenated alkanes) is 1. The molecule has 0 saturated carbocycles. The zero-order chi connectivity index (χ0) is 37.9. The molecule has 0 aliphatic heterocycles. The number of amides is 1. The Labute approximate surface area is 303 Å². The number of hydrogen-bond donors (Lipinski definition) is 3. The van der Waals surface area contributed by atoms with Gasteiger partial charge in [0, 0.05) is 29.8 Å². The highest BCUT2D eigenvalue weighted by molar-refractivity contribution is 7.48. The van der Waals surface area contributed by atoms with Gasteiger partial charge in [-0.3, -0.25) is 23.5 Å². The first-order valence-corrected chi connectivity index (χ1v) is 18.8. The molecule has 0 fully saturated rings. The maximum atomic E-state index is 13.9. The van der Waals surface area contributed by atoms with E-state index in [2.05, 4.69) is 42.6 Å². The van der Waals surface area contributed by atoms with E-state index in [-0.39, 0.29) is 18.7 Å². The molecule has 13 nitrogen and oxygen atoms in total. The van der Waals surface area contributed by atoms with Gasteiger partial charge < -0.3 is 20.3 Å². The van der Waals surface area contributed by atoms with Gasteiger partial charge in [0.05, 0.1) is 42.0 Å². The van der Waals surface area contributed by atoms with Crippen LogP contribution in [0.2, 0.25) is 0 Å². The van der Waals surface area contributed by atoms with Crippen LogP contribution in [0.4, 0.5) is 26.1 Å². The van der Waals surface area contributed by atoms with Crippen molar-refractivity contribution in [3.8, 4) is 5.75 Å². The number of ether oxygens (including phenoxy) is 1. The first-order chi connectivity index (χ1) is 24.5. The van der Waals surface area contributed by atoms with Crippen LogP contribution in [-0.2, 0) is 29.4 Å². The number of anilines is 3. The van der Waals surface area contributed by atoms with Crippen LogP contribution in [0, 0.1) is 11.6 Å². The maximum Gasteiger partial charge on any atom is 0.475 e. The molecule has 3 N–H and O–H groups in total. The minimum atomic E-state index is -3.76. The van der Waals surface area contributed by atoms with E-state index in [1.165, 1.54) is 18.5 Å². The standard InChI is InChI=1S/C36H50F2N7O6P/c1-8-16-45(18-20-49-52(47,50-35(2,3)4)51-36(5,6)7)17-9-10-19-48-26-14-15-27-30(23-26)39-24-40-34(27)42-31-21-25(43-44-31)22-32(46)41-29-13-11-12-28(37)33(29)38/h11-15,21,23-24H,8-10,16-20,22H2,1-7H3,(H,41,46)(H2,39,40,42,43,44). The van der Waals surface area contributed by atoms with Gasteiger partial charge in [-0.25, -0.2) is 23.3 Å². The molecule has 0 atom stereocenters. The molecule has 4 rings (SSSR count). The van der Waals surface area contributed by atoms with Crippen molar-refractivity contribution in [3.05, 3.63) is 66.1 Å². The van der Waals surface area contributed by atoms with Crippen molar-refractivity contribution in [2.75, 3.05) is 43.5 Å². The van der Waals surface area contributed by atoms with Crippen LogP contribution in [0.15, 0.2) is 48.8 Å². The van der Waals surface area contributed by atoms with Crippen molar-refractivity contribution >= 4 is 42.0 Å². The fourth-order valence-electron chi connectivity index (χ4n) is 5.13. The average Bonchev–Trinajstić information content (AvgIpc) is 3.47. The Hall–Kier alpha value is -4.01. The molecule has 0 spiro atoms. The molecule has 2 aromatic carbocycles. The van der Waals surface area contributed by atoms with Gasteiger partial charge in [0.1, 0.15) is 17.9 Å². The first kappa shape index (κ1) is 40.8. The molecule has 0 aliphatic carbocycles. The molecule has 4 aromatic rings. The van der Waals surface area contributed by atoms with Crippen LogP contribution in [-0.4, -0.2) is 75.0 Å².